The van der Waals surface area contributed by atoms with Crippen LogP contribution in [0.1, 0.15) is 37.9 Å². The Morgan fingerprint density at radius 3 is 2.62 bits per heavy atom. The molecule has 0 radical (unpaired) electrons. The lowest BCUT2D eigenvalue weighted by Gasteiger charge is -2.22. The van der Waals surface area contributed by atoms with E-state index >= 15 is 0 Å². The number of aromatic nitrogens is 1. The first-order valence-electron chi connectivity index (χ1n) is 6.25. The zero-order valence-electron chi connectivity index (χ0n) is 10.2. The van der Waals surface area contributed by atoms with E-state index in [1.54, 1.807) is 0 Å². The van der Waals surface area contributed by atoms with E-state index in [4.69, 9.17) is 10.7 Å². The van der Waals surface area contributed by atoms with Crippen LogP contribution in [-0.2, 0) is 13.0 Å². The number of nitrogens with zero attached hydrogens (tertiary/aromatic N) is 2. The summed E-state index contributed by atoms with van der Waals surface area (Å²) < 4.78 is 0. The highest BCUT2D eigenvalue weighted by atomic mass is 15.2. The third-order valence-corrected chi connectivity index (χ3v) is 3.15. The first-order valence-corrected chi connectivity index (χ1v) is 6.25. The summed E-state index contributed by atoms with van der Waals surface area (Å²) in [5.41, 5.74) is 8.07. The molecule has 1 aromatic rings. The molecule has 1 aliphatic carbocycles. The minimum atomic E-state index is 0.602. The van der Waals surface area contributed by atoms with E-state index in [0.29, 0.717) is 6.54 Å². The Hall–Kier alpha value is -1.09. The first-order chi connectivity index (χ1) is 7.78. The maximum Gasteiger partial charge on any atom is 0.129 e. The van der Waals surface area contributed by atoms with Crippen LogP contribution in [0.15, 0.2) is 12.1 Å². The number of anilines is 1. The van der Waals surface area contributed by atoms with Crippen molar-refractivity contribution in [2.75, 3.05) is 11.4 Å². The van der Waals surface area contributed by atoms with Gasteiger partial charge in [-0.25, -0.2) is 4.98 Å². The molecule has 0 aliphatic heterocycles. The van der Waals surface area contributed by atoms with Crippen LogP contribution in [0.2, 0.25) is 0 Å². The van der Waals surface area contributed by atoms with Crippen molar-refractivity contribution in [3.8, 4) is 0 Å². The van der Waals surface area contributed by atoms with Gasteiger partial charge in [-0.1, -0.05) is 6.92 Å². The van der Waals surface area contributed by atoms with Crippen LogP contribution >= 0.6 is 0 Å². The monoisotopic (exact) mass is 219 g/mol. The van der Waals surface area contributed by atoms with Crippen LogP contribution < -0.4 is 10.6 Å². The molecule has 16 heavy (non-hydrogen) atoms. The van der Waals surface area contributed by atoms with E-state index in [1.165, 1.54) is 18.4 Å². The van der Waals surface area contributed by atoms with E-state index < -0.39 is 0 Å². The Labute approximate surface area is 97.7 Å². The second kappa shape index (κ2) is 4.83. The number of pyridine rings is 1. The highest BCUT2D eigenvalue weighted by Crippen LogP contribution is 2.30. The van der Waals surface area contributed by atoms with Crippen LogP contribution in [-0.4, -0.2) is 17.6 Å². The predicted octanol–water partition coefficient (Wildman–Crippen LogP) is 2.09. The number of hydrogen-bond donors (Lipinski definition) is 1. The Balaban J connectivity index is 2.30. The second-order valence-electron chi connectivity index (χ2n) is 4.40. The average Bonchev–Trinajstić information content (AvgIpc) is 3.14. The van der Waals surface area contributed by atoms with Gasteiger partial charge in [0.25, 0.3) is 0 Å². The molecule has 0 aromatic carbocycles. The molecule has 2 N–H and O–H groups in total. The minimum Gasteiger partial charge on any atom is -0.354 e. The van der Waals surface area contributed by atoms with Crippen LogP contribution in [0.25, 0.3) is 0 Å². The standard InChI is InChI=1S/C13H21N3/c1-3-11-7-10(9-14)8-13(15-11)16(4-2)12-5-6-12/h7-8,12H,3-6,9,14H2,1-2H3. The molecule has 0 amide bonds. The van der Waals surface area contributed by atoms with Crippen LogP contribution in [0.4, 0.5) is 5.82 Å². The molecule has 0 unspecified atom stereocenters. The predicted molar refractivity (Wildman–Crippen MR) is 67.5 cm³/mol. The minimum absolute atomic E-state index is 0.602. The van der Waals surface area contributed by atoms with Crippen LogP contribution in [0.3, 0.4) is 0 Å². The van der Waals surface area contributed by atoms with Crippen LogP contribution in [0, 0.1) is 0 Å². The van der Waals surface area contributed by atoms with E-state index in [9.17, 15) is 0 Å². The van der Waals surface area contributed by atoms with E-state index in [2.05, 4.69) is 30.9 Å². The molecule has 0 spiro atoms. The summed E-state index contributed by atoms with van der Waals surface area (Å²) in [6.45, 7) is 5.97. The van der Waals surface area contributed by atoms with Crippen molar-refractivity contribution in [2.45, 2.75) is 45.7 Å². The Morgan fingerprint density at radius 1 is 1.38 bits per heavy atom. The third-order valence-electron chi connectivity index (χ3n) is 3.15. The molecule has 88 valence electrons. The van der Waals surface area contributed by atoms with Gasteiger partial charge in [0.2, 0.25) is 0 Å². The van der Waals surface area contributed by atoms with Crippen molar-refractivity contribution >= 4 is 5.82 Å². The third kappa shape index (κ3) is 2.35. The first kappa shape index (κ1) is 11.4. The lowest BCUT2D eigenvalue weighted by Crippen LogP contribution is -2.26. The Kier molecular flexibility index (Phi) is 3.44. The molecule has 1 heterocycles. The molecule has 1 aliphatic rings. The van der Waals surface area contributed by atoms with E-state index in [-0.39, 0.29) is 0 Å². The lowest BCUT2D eigenvalue weighted by atomic mass is 10.2. The Bertz CT molecular complexity index is 336. The molecule has 0 bridgehead atoms. The zero-order valence-corrected chi connectivity index (χ0v) is 10.2. The Morgan fingerprint density at radius 2 is 2.12 bits per heavy atom. The van der Waals surface area contributed by atoms with Gasteiger partial charge in [-0.15, -0.1) is 0 Å². The van der Waals surface area contributed by atoms with Gasteiger partial charge in [-0.3, -0.25) is 0 Å². The molecule has 1 fully saturated rings. The summed E-state index contributed by atoms with van der Waals surface area (Å²) in [4.78, 5) is 7.10. The molecular weight excluding hydrogens is 198 g/mol. The fourth-order valence-corrected chi connectivity index (χ4v) is 2.07. The highest BCUT2D eigenvalue weighted by molar-refractivity contribution is 5.45. The number of hydrogen-bond acceptors (Lipinski definition) is 3. The van der Waals surface area contributed by atoms with Crippen molar-refractivity contribution in [2.24, 2.45) is 5.73 Å². The number of aryl methyl sites for hydroxylation is 1. The van der Waals surface area contributed by atoms with Gasteiger partial charge < -0.3 is 10.6 Å². The number of nitrogens with two attached hydrogens (primary N) is 1. The SMILES string of the molecule is CCc1cc(CN)cc(N(CC)C2CC2)n1. The largest absolute Gasteiger partial charge is 0.354 e. The van der Waals surface area contributed by atoms with Crippen molar-refractivity contribution < 1.29 is 0 Å². The van der Waals surface area contributed by atoms with E-state index in [0.717, 1.165) is 30.5 Å². The van der Waals surface area contributed by atoms with Gasteiger partial charge in [0.15, 0.2) is 0 Å². The molecule has 1 aromatic heterocycles. The molecule has 0 saturated heterocycles. The van der Waals surface area contributed by atoms with Gasteiger partial charge in [0.05, 0.1) is 0 Å². The average molecular weight is 219 g/mol. The molecule has 1 saturated carbocycles. The molecule has 0 atom stereocenters. The lowest BCUT2D eigenvalue weighted by molar-refractivity contribution is 0.798. The summed E-state index contributed by atoms with van der Waals surface area (Å²) in [6, 6.07) is 4.97. The maximum atomic E-state index is 5.73. The van der Waals surface area contributed by atoms with Gasteiger partial charge in [-0.2, -0.15) is 0 Å². The molecular formula is C13H21N3. The quantitative estimate of drug-likeness (QED) is 0.824. The fraction of sp³-hybridized carbons (Fsp3) is 0.615. The van der Waals surface area contributed by atoms with Crippen molar-refractivity contribution in [3.63, 3.8) is 0 Å². The smallest absolute Gasteiger partial charge is 0.129 e. The highest BCUT2D eigenvalue weighted by Gasteiger charge is 2.29. The summed E-state index contributed by atoms with van der Waals surface area (Å²) in [5.74, 6) is 1.12. The van der Waals surface area contributed by atoms with Crippen molar-refractivity contribution in [1.82, 2.24) is 4.98 Å². The maximum absolute atomic E-state index is 5.73. The molecule has 2 rings (SSSR count). The molecule has 3 nitrogen and oxygen atoms in total. The summed E-state index contributed by atoms with van der Waals surface area (Å²) in [5, 5.41) is 0. The normalized spacial score (nSPS) is 15.2. The number of rotatable bonds is 5. The second-order valence-corrected chi connectivity index (χ2v) is 4.40. The van der Waals surface area contributed by atoms with Gasteiger partial charge in [0.1, 0.15) is 5.82 Å². The van der Waals surface area contributed by atoms with E-state index in [1.807, 2.05) is 0 Å². The summed E-state index contributed by atoms with van der Waals surface area (Å²) >= 11 is 0. The zero-order chi connectivity index (χ0) is 11.5. The summed E-state index contributed by atoms with van der Waals surface area (Å²) in [7, 11) is 0. The van der Waals surface area contributed by atoms with Gasteiger partial charge in [0, 0.05) is 24.8 Å². The van der Waals surface area contributed by atoms with Crippen molar-refractivity contribution in [3.05, 3.63) is 23.4 Å². The summed E-state index contributed by atoms with van der Waals surface area (Å²) in [6.07, 6.45) is 3.59. The van der Waals surface area contributed by atoms with Gasteiger partial charge in [-0.05, 0) is 43.9 Å². The van der Waals surface area contributed by atoms with Gasteiger partial charge >= 0.3 is 0 Å². The molecule has 3 heteroatoms. The van der Waals surface area contributed by atoms with Crippen LogP contribution in [0.5, 0.6) is 0 Å². The topological polar surface area (TPSA) is 42.1 Å². The van der Waals surface area contributed by atoms with Crippen molar-refractivity contribution in [1.29, 1.82) is 0 Å². The fourth-order valence-electron chi connectivity index (χ4n) is 2.07.